The number of benzene rings is 1. The topological polar surface area (TPSA) is 73.0 Å². The Balaban J connectivity index is 2.16. The molecule has 0 saturated heterocycles. The first-order chi connectivity index (χ1) is 10.1. The highest BCUT2D eigenvalue weighted by molar-refractivity contribution is 5.96. The zero-order valence-corrected chi connectivity index (χ0v) is 11.7. The van der Waals surface area contributed by atoms with E-state index in [0.717, 1.165) is 22.5 Å². The van der Waals surface area contributed by atoms with E-state index in [4.69, 9.17) is 0 Å². The summed E-state index contributed by atoms with van der Waals surface area (Å²) in [5.74, 6) is 0. The number of aryl methyl sites for hydroxylation is 2. The summed E-state index contributed by atoms with van der Waals surface area (Å²) in [5, 5.41) is 11.8. The molecule has 0 atom stereocenters. The molecule has 0 aliphatic carbocycles. The number of nitro benzene ring substituents is 1. The van der Waals surface area contributed by atoms with Gasteiger partial charge in [-0.2, -0.15) is 0 Å². The van der Waals surface area contributed by atoms with Crippen LogP contribution >= 0.6 is 0 Å². The van der Waals surface area contributed by atoms with Crippen LogP contribution in [0.15, 0.2) is 42.6 Å². The minimum absolute atomic E-state index is 0.0112. The molecule has 6 nitrogen and oxygen atoms in total. The normalized spacial score (nSPS) is 10.8. The first-order valence-corrected chi connectivity index (χ1v) is 6.52. The Bertz CT molecular complexity index is 819. The molecular weight excluding hydrogens is 268 g/mol. The van der Waals surface area contributed by atoms with Gasteiger partial charge in [-0.1, -0.05) is 12.1 Å². The number of hydrogen-bond donors (Lipinski definition) is 1. The first-order valence-electron chi connectivity index (χ1n) is 6.52. The summed E-state index contributed by atoms with van der Waals surface area (Å²) < 4.78 is 1.94. The molecular formula is C15H14N4O2. The van der Waals surface area contributed by atoms with E-state index in [1.165, 1.54) is 6.07 Å². The molecule has 0 aliphatic heterocycles. The Kier molecular flexibility index (Phi) is 3.06. The maximum atomic E-state index is 11.1. The van der Waals surface area contributed by atoms with Crippen LogP contribution < -0.4 is 5.43 Å². The number of rotatable bonds is 3. The maximum absolute atomic E-state index is 11.1. The lowest BCUT2D eigenvalue weighted by Crippen LogP contribution is -2.12. The van der Waals surface area contributed by atoms with Gasteiger partial charge in [-0.3, -0.25) is 20.2 Å². The van der Waals surface area contributed by atoms with Crippen LogP contribution in [0.2, 0.25) is 0 Å². The SMILES string of the molecule is Cc1ccc(C)n1Nc1ccnc2c([N+](=O)[O-])cccc12. The molecule has 6 heteroatoms. The molecule has 1 N–H and O–H groups in total. The third-order valence-electron chi connectivity index (χ3n) is 3.45. The molecule has 2 aromatic heterocycles. The summed E-state index contributed by atoms with van der Waals surface area (Å²) >= 11 is 0. The zero-order chi connectivity index (χ0) is 15.0. The van der Waals surface area contributed by atoms with Crippen molar-refractivity contribution in [3.8, 4) is 0 Å². The van der Waals surface area contributed by atoms with Crippen LogP contribution in [0.5, 0.6) is 0 Å². The molecule has 0 spiro atoms. The van der Waals surface area contributed by atoms with Gasteiger partial charge in [0, 0.05) is 29.0 Å². The number of fused-ring (bicyclic) bond motifs is 1. The van der Waals surface area contributed by atoms with E-state index >= 15 is 0 Å². The highest BCUT2D eigenvalue weighted by Crippen LogP contribution is 2.28. The maximum Gasteiger partial charge on any atom is 0.295 e. The van der Waals surface area contributed by atoms with Crippen LogP contribution in [-0.2, 0) is 0 Å². The first kappa shape index (κ1) is 13.1. The Morgan fingerprint density at radius 2 is 1.86 bits per heavy atom. The molecule has 3 aromatic rings. The zero-order valence-electron chi connectivity index (χ0n) is 11.7. The Labute approximate surface area is 121 Å². The van der Waals surface area contributed by atoms with E-state index in [1.54, 1.807) is 12.3 Å². The molecule has 0 bridgehead atoms. The summed E-state index contributed by atoms with van der Waals surface area (Å²) in [7, 11) is 0. The Morgan fingerprint density at radius 1 is 1.14 bits per heavy atom. The number of nitrogens with zero attached hydrogens (tertiary/aromatic N) is 3. The van der Waals surface area contributed by atoms with Gasteiger partial charge in [0.2, 0.25) is 0 Å². The second-order valence-corrected chi connectivity index (χ2v) is 4.85. The fourth-order valence-electron chi connectivity index (χ4n) is 2.37. The molecule has 3 rings (SSSR count). The molecule has 1 aromatic carbocycles. The van der Waals surface area contributed by atoms with Gasteiger partial charge in [0.1, 0.15) is 5.52 Å². The lowest BCUT2D eigenvalue weighted by atomic mass is 10.1. The van der Waals surface area contributed by atoms with Crippen LogP contribution in [0.25, 0.3) is 10.9 Å². The fourth-order valence-corrected chi connectivity index (χ4v) is 2.37. The molecule has 0 aliphatic rings. The molecule has 0 amide bonds. The van der Waals surface area contributed by atoms with E-state index in [1.807, 2.05) is 42.8 Å². The summed E-state index contributed by atoms with van der Waals surface area (Å²) in [5.41, 5.74) is 6.58. The highest BCUT2D eigenvalue weighted by Gasteiger charge is 2.14. The van der Waals surface area contributed by atoms with Gasteiger partial charge >= 0.3 is 0 Å². The molecule has 0 fully saturated rings. The summed E-state index contributed by atoms with van der Waals surface area (Å²) in [4.78, 5) is 14.8. The lowest BCUT2D eigenvalue weighted by molar-refractivity contribution is -0.383. The van der Waals surface area contributed by atoms with Gasteiger partial charge in [0.25, 0.3) is 5.69 Å². The van der Waals surface area contributed by atoms with Crippen molar-refractivity contribution in [3.63, 3.8) is 0 Å². The third kappa shape index (κ3) is 2.20. The van der Waals surface area contributed by atoms with E-state index < -0.39 is 4.92 Å². The van der Waals surface area contributed by atoms with Crippen molar-refractivity contribution >= 4 is 22.3 Å². The van der Waals surface area contributed by atoms with Crippen molar-refractivity contribution in [2.45, 2.75) is 13.8 Å². The summed E-state index contributed by atoms with van der Waals surface area (Å²) in [6.07, 6.45) is 1.58. The Morgan fingerprint density at radius 3 is 2.52 bits per heavy atom. The smallest absolute Gasteiger partial charge is 0.294 e. The number of nitrogens with one attached hydrogen (secondary N) is 1. The van der Waals surface area contributed by atoms with Gasteiger partial charge in [-0.25, -0.2) is 4.98 Å². The van der Waals surface area contributed by atoms with Crippen molar-refractivity contribution in [3.05, 3.63) is 64.1 Å². The van der Waals surface area contributed by atoms with E-state index in [-0.39, 0.29) is 5.69 Å². The molecule has 0 saturated carbocycles. The molecule has 2 heterocycles. The number of aromatic nitrogens is 2. The van der Waals surface area contributed by atoms with E-state index in [9.17, 15) is 10.1 Å². The minimum Gasteiger partial charge on any atom is -0.294 e. The number of non-ortho nitro benzene ring substituents is 1. The van der Waals surface area contributed by atoms with Crippen LogP contribution in [0.3, 0.4) is 0 Å². The van der Waals surface area contributed by atoms with E-state index in [2.05, 4.69) is 10.4 Å². The average Bonchev–Trinajstić information content (AvgIpc) is 2.78. The van der Waals surface area contributed by atoms with Crippen molar-refractivity contribution in [2.75, 3.05) is 5.43 Å². The number of nitro groups is 1. The van der Waals surface area contributed by atoms with E-state index in [0.29, 0.717) is 5.52 Å². The number of para-hydroxylation sites is 1. The molecule has 0 unspecified atom stereocenters. The van der Waals surface area contributed by atoms with Gasteiger partial charge in [0.15, 0.2) is 0 Å². The monoisotopic (exact) mass is 282 g/mol. The number of hydrogen-bond acceptors (Lipinski definition) is 4. The summed E-state index contributed by atoms with van der Waals surface area (Å²) in [6.45, 7) is 3.98. The van der Waals surface area contributed by atoms with Crippen molar-refractivity contribution in [1.82, 2.24) is 9.66 Å². The van der Waals surface area contributed by atoms with Crippen molar-refractivity contribution < 1.29 is 4.92 Å². The van der Waals surface area contributed by atoms with Crippen molar-refractivity contribution in [2.24, 2.45) is 0 Å². The van der Waals surface area contributed by atoms with Crippen molar-refractivity contribution in [1.29, 1.82) is 0 Å². The van der Waals surface area contributed by atoms with Crippen LogP contribution in [0.4, 0.5) is 11.4 Å². The molecule has 106 valence electrons. The number of pyridine rings is 1. The van der Waals surface area contributed by atoms with Gasteiger partial charge in [0.05, 0.1) is 10.6 Å². The molecule has 0 radical (unpaired) electrons. The van der Waals surface area contributed by atoms with Gasteiger partial charge in [-0.05, 0) is 32.0 Å². The lowest BCUT2D eigenvalue weighted by Gasteiger charge is -2.14. The highest BCUT2D eigenvalue weighted by atomic mass is 16.6. The second-order valence-electron chi connectivity index (χ2n) is 4.85. The van der Waals surface area contributed by atoms with Crippen LogP contribution in [0.1, 0.15) is 11.4 Å². The second kappa shape index (κ2) is 4.90. The van der Waals surface area contributed by atoms with Gasteiger partial charge < -0.3 is 0 Å². The standard InChI is InChI=1S/C15H14N4O2/c1-10-6-7-11(2)18(10)17-13-8-9-16-15-12(13)4-3-5-14(15)19(20)21/h3-9H,1-2H3,(H,16,17). The van der Waals surface area contributed by atoms with Crippen LogP contribution in [-0.4, -0.2) is 14.6 Å². The van der Waals surface area contributed by atoms with Gasteiger partial charge in [-0.15, -0.1) is 0 Å². The predicted molar refractivity (Wildman–Crippen MR) is 81.3 cm³/mol. The van der Waals surface area contributed by atoms with Crippen LogP contribution in [0, 0.1) is 24.0 Å². The fraction of sp³-hybridized carbons (Fsp3) is 0.133. The Hall–Kier alpha value is -2.89. The largest absolute Gasteiger partial charge is 0.295 e. The summed E-state index contributed by atoms with van der Waals surface area (Å²) in [6, 6.07) is 10.8. The minimum atomic E-state index is -0.411. The average molecular weight is 282 g/mol. The third-order valence-corrected chi connectivity index (χ3v) is 3.45. The number of anilines is 1. The molecule has 21 heavy (non-hydrogen) atoms. The quantitative estimate of drug-likeness (QED) is 0.590. The predicted octanol–water partition coefficient (Wildman–Crippen LogP) is 3.44.